The van der Waals surface area contributed by atoms with Crippen LogP contribution in [-0.2, 0) is 23.8 Å². The van der Waals surface area contributed by atoms with Crippen LogP contribution in [0.25, 0.3) is 0 Å². The van der Waals surface area contributed by atoms with Crippen LogP contribution in [0.5, 0.6) is 0 Å². The fourth-order valence-electron chi connectivity index (χ4n) is 0.752. The number of hydrogen-bond acceptors (Lipinski definition) is 5. The number of rotatable bonds is 5. The van der Waals surface area contributed by atoms with Crippen LogP contribution in [0.4, 0.5) is 0 Å². The van der Waals surface area contributed by atoms with Gasteiger partial charge in [-0.3, -0.25) is 0 Å². The van der Waals surface area contributed by atoms with Crippen LogP contribution < -0.4 is 0 Å². The zero-order chi connectivity index (χ0) is 11.7. The van der Waals surface area contributed by atoms with Crippen LogP contribution in [0.3, 0.4) is 0 Å². The first-order chi connectivity index (χ1) is 7.17. The van der Waals surface area contributed by atoms with E-state index in [0.717, 1.165) is 0 Å². The van der Waals surface area contributed by atoms with E-state index in [2.05, 4.69) is 14.2 Å². The maximum Gasteiger partial charge on any atom is 0.345 e. The first kappa shape index (κ1) is 13.2. The summed E-state index contributed by atoms with van der Waals surface area (Å²) in [5.41, 5.74) is -0.173. The average Bonchev–Trinajstić information content (AvgIpc) is 2.23. The highest BCUT2D eigenvalue weighted by molar-refractivity contribution is 6.14. The molecule has 84 valence electrons. The third kappa shape index (κ3) is 4.85. The Bertz CT molecular complexity index is 278. The van der Waals surface area contributed by atoms with Crippen molar-refractivity contribution < 1.29 is 23.8 Å². The van der Waals surface area contributed by atoms with Gasteiger partial charge in [0.2, 0.25) is 0 Å². The molecule has 0 radical (unpaired) electrons. The Labute approximate surface area is 88.3 Å². The van der Waals surface area contributed by atoms with E-state index in [4.69, 9.17) is 0 Å². The Morgan fingerprint density at radius 1 is 1.20 bits per heavy atom. The summed E-state index contributed by atoms with van der Waals surface area (Å²) >= 11 is 0. The number of ether oxygens (including phenoxy) is 3. The molecular formula is C10H14O5. The van der Waals surface area contributed by atoms with Crippen LogP contribution in [0.2, 0.25) is 0 Å². The third-order valence-corrected chi connectivity index (χ3v) is 1.38. The molecule has 15 heavy (non-hydrogen) atoms. The number of esters is 2. The van der Waals surface area contributed by atoms with Crippen molar-refractivity contribution in [1.82, 2.24) is 0 Å². The van der Waals surface area contributed by atoms with Gasteiger partial charge in [-0.05, 0) is 19.1 Å². The fourth-order valence-corrected chi connectivity index (χ4v) is 0.752. The summed E-state index contributed by atoms with van der Waals surface area (Å²) < 4.78 is 13.7. The molecule has 0 atom stereocenters. The van der Waals surface area contributed by atoms with Crippen LogP contribution >= 0.6 is 0 Å². The topological polar surface area (TPSA) is 61.8 Å². The maximum atomic E-state index is 11.3. The highest BCUT2D eigenvalue weighted by Crippen LogP contribution is 2.01. The zero-order valence-electron chi connectivity index (χ0n) is 8.98. The summed E-state index contributed by atoms with van der Waals surface area (Å²) in [6, 6.07) is 0. The second-order valence-corrected chi connectivity index (χ2v) is 2.36. The van der Waals surface area contributed by atoms with Gasteiger partial charge in [-0.2, -0.15) is 0 Å². The van der Waals surface area contributed by atoms with E-state index < -0.39 is 11.9 Å². The van der Waals surface area contributed by atoms with Crippen LogP contribution in [-0.4, -0.2) is 32.8 Å². The molecule has 0 spiro atoms. The van der Waals surface area contributed by atoms with E-state index in [1.54, 1.807) is 6.92 Å². The van der Waals surface area contributed by atoms with Crippen LogP contribution in [0.1, 0.15) is 6.92 Å². The summed E-state index contributed by atoms with van der Waals surface area (Å²) in [6.45, 7) is 1.85. The minimum Gasteiger partial charge on any atom is -0.504 e. The normalized spacial score (nSPS) is 11.3. The number of carbonyl (C=O) groups is 2. The molecule has 5 heteroatoms. The summed E-state index contributed by atoms with van der Waals surface area (Å²) in [5.74, 6) is -1.46. The summed E-state index contributed by atoms with van der Waals surface area (Å²) in [7, 11) is 2.64. The standard InChI is InChI=1S/C10H14O5/c1-4-15-10(12)8(9(11)14-3)6-5-7-13-2/h5-7H,4H2,1-3H3/b7-5+,8-6+. The number of methoxy groups -OCH3 is 2. The van der Waals surface area contributed by atoms with Crippen molar-refractivity contribution >= 4 is 11.9 Å². The van der Waals surface area contributed by atoms with E-state index in [1.165, 1.54) is 32.6 Å². The van der Waals surface area contributed by atoms with Crippen molar-refractivity contribution in [2.75, 3.05) is 20.8 Å². The van der Waals surface area contributed by atoms with Gasteiger partial charge in [-0.1, -0.05) is 0 Å². The molecule has 5 nitrogen and oxygen atoms in total. The first-order valence-electron chi connectivity index (χ1n) is 4.32. The molecule has 0 aromatic heterocycles. The van der Waals surface area contributed by atoms with Gasteiger partial charge in [-0.25, -0.2) is 9.59 Å². The summed E-state index contributed by atoms with van der Waals surface area (Å²) in [6.07, 6.45) is 4.00. The Hall–Kier alpha value is -1.78. The van der Waals surface area contributed by atoms with Gasteiger partial charge in [0.05, 0.1) is 27.1 Å². The minimum atomic E-state index is -0.741. The lowest BCUT2D eigenvalue weighted by molar-refractivity contribution is -0.145. The van der Waals surface area contributed by atoms with E-state index >= 15 is 0 Å². The second-order valence-electron chi connectivity index (χ2n) is 2.36. The van der Waals surface area contributed by atoms with Crippen molar-refractivity contribution in [3.05, 3.63) is 24.0 Å². The monoisotopic (exact) mass is 214 g/mol. The van der Waals surface area contributed by atoms with Crippen LogP contribution in [0, 0.1) is 0 Å². The zero-order valence-corrected chi connectivity index (χ0v) is 8.98. The van der Waals surface area contributed by atoms with Crippen molar-refractivity contribution in [2.24, 2.45) is 0 Å². The van der Waals surface area contributed by atoms with Crippen molar-refractivity contribution in [2.45, 2.75) is 6.92 Å². The van der Waals surface area contributed by atoms with Gasteiger partial charge in [0.15, 0.2) is 0 Å². The SMILES string of the molecule is CCOC(=O)/C(=C/C=C/OC)C(=O)OC. The number of hydrogen-bond donors (Lipinski definition) is 0. The molecule has 0 rings (SSSR count). The predicted octanol–water partition coefficient (Wildman–Crippen LogP) is 0.809. The lowest BCUT2D eigenvalue weighted by atomic mass is 10.2. The molecule has 0 aliphatic carbocycles. The molecule has 0 bridgehead atoms. The highest BCUT2D eigenvalue weighted by atomic mass is 16.5. The summed E-state index contributed by atoms with van der Waals surface area (Å²) in [4.78, 5) is 22.4. The molecule has 0 saturated heterocycles. The second kappa shape index (κ2) is 7.61. The van der Waals surface area contributed by atoms with E-state index in [9.17, 15) is 9.59 Å². The fraction of sp³-hybridized carbons (Fsp3) is 0.400. The van der Waals surface area contributed by atoms with Crippen molar-refractivity contribution in [1.29, 1.82) is 0 Å². The molecule has 0 aromatic rings. The Morgan fingerprint density at radius 2 is 1.87 bits per heavy atom. The van der Waals surface area contributed by atoms with Gasteiger partial charge < -0.3 is 14.2 Å². The van der Waals surface area contributed by atoms with Crippen molar-refractivity contribution in [3.8, 4) is 0 Å². The van der Waals surface area contributed by atoms with Gasteiger partial charge >= 0.3 is 11.9 Å². The van der Waals surface area contributed by atoms with Gasteiger partial charge in [0, 0.05) is 0 Å². The number of allylic oxidation sites excluding steroid dienone is 2. The Morgan fingerprint density at radius 3 is 2.33 bits per heavy atom. The minimum absolute atomic E-state index is 0.173. The Balaban J connectivity index is 4.72. The van der Waals surface area contributed by atoms with Gasteiger partial charge in [-0.15, -0.1) is 0 Å². The maximum absolute atomic E-state index is 11.3. The Kier molecular flexibility index (Phi) is 6.70. The molecule has 0 aromatic carbocycles. The predicted molar refractivity (Wildman–Crippen MR) is 52.9 cm³/mol. The molecule has 0 heterocycles. The third-order valence-electron chi connectivity index (χ3n) is 1.38. The molecule has 0 aliphatic rings. The largest absolute Gasteiger partial charge is 0.504 e. The van der Waals surface area contributed by atoms with E-state index in [0.29, 0.717) is 0 Å². The first-order valence-corrected chi connectivity index (χ1v) is 4.32. The highest BCUT2D eigenvalue weighted by Gasteiger charge is 2.18. The average molecular weight is 214 g/mol. The number of carbonyl (C=O) groups excluding carboxylic acids is 2. The molecule has 0 aliphatic heterocycles. The lowest BCUT2D eigenvalue weighted by Crippen LogP contribution is -2.16. The molecular weight excluding hydrogens is 200 g/mol. The molecule has 0 saturated carbocycles. The van der Waals surface area contributed by atoms with Gasteiger partial charge in [0.25, 0.3) is 0 Å². The quantitative estimate of drug-likeness (QED) is 0.169. The van der Waals surface area contributed by atoms with Crippen LogP contribution in [0.15, 0.2) is 24.0 Å². The van der Waals surface area contributed by atoms with Gasteiger partial charge in [0.1, 0.15) is 5.57 Å². The summed E-state index contributed by atoms with van der Waals surface area (Å²) in [5, 5.41) is 0. The van der Waals surface area contributed by atoms with Crippen molar-refractivity contribution in [3.63, 3.8) is 0 Å². The molecule has 0 N–H and O–H groups in total. The lowest BCUT2D eigenvalue weighted by Gasteiger charge is -2.03. The smallest absolute Gasteiger partial charge is 0.345 e. The molecule has 0 unspecified atom stereocenters. The van der Waals surface area contributed by atoms with E-state index in [-0.39, 0.29) is 12.2 Å². The molecule has 0 amide bonds. The molecule has 0 fully saturated rings. The van der Waals surface area contributed by atoms with E-state index in [1.807, 2.05) is 0 Å².